The second-order valence-electron chi connectivity index (χ2n) is 6.30. The molecule has 1 N–H and O–H groups in total. The van der Waals surface area contributed by atoms with Gasteiger partial charge in [-0.1, -0.05) is 30.3 Å². The number of sulfone groups is 1. The van der Waals surface area contributed by atoms with E-state index in [2.05, 4.69) is 21.2 Å². The number of nitrogens with zero attached hydrogens (tertiary/aromatic N) is 1. The molecule has 0 aliphatic rings. The molecule has 9 heteroatoms. The topological polar surface area (TPSA) is 113 Å². The maximum absolute atomic E-state index is 12.6. The summed E-state index contributed by atoms with van der Waals surface area (Å²) < 4.78 is 28.8. The first-order valence-corrected chi connectivity index (χ1v) is 11.4. The van der Waals surface area contributed by atoms with E-state index >= 15 is 0 Å². The van der Waals surface area contributed by atoms with Crippen LogP contribution in [0.15, 0.2) is 53.0 Å². The SMILES string of the molecule is CS(=O)(=O)CCC(NC(=O)c1ccccc1Br)C(=O)OCc1ccccc1C#N. The molecule has 0 saturated heterocycles. The second kappa shape index (κ2) is 10.2. The van der Waals surface area contributed by atoms with E-state index in [1.54, 1.807) is 48.5 Å². The quantitative estimate of drug-likeness (QED) is 0.583. The summed E-state index contributed by atoms with van der Waals surface area (Å²) in [7, 11) is -3.35. The van der Waals surface area contributed by atoms with E-state index in [-0.39, 0.29) is 18.8 Å². The third-order valence-electron chi connectivity index (χ3n) is 3.99. The number of esters is 1. The van der Waals surface area contributed by atoms with E-state index in [1.165, 1.54) is 0 Å². The van der Waals surface area contributed by atoms with E-state index in [9.17, 15) is 18.0 Å². The Morgan fingerprint density at radius 1 is 1.17 bits per heavy atom. The van der Waals surface area contributed by atoms with Crippen molar-refractivity contribution in [2.45, 2.75) is 19.1 Å². The molecule has 1 atom stereocenters. The van der Waals surface area contributed by atoms with Crippen LogP contribution >= 0.6 is 15.9 Å². The van der Waals surface area contributed by atoms with E-state index in [0.717, 1.165) is 6.26 Å². The van der Waals surface area contributed by atoms with Crippen LogP contribution in [0.3, 0.4) is 0 Å². The lowest BCUT2D eigenvalue weighted by Gasteiger charge is -2.18. The van der Waals surface area contributed by atoms with Gasteiger partial charge in [-0.15, -0.1) is 0 Å². The minimum absolute atomic E-state index is 0.131. The van der Waals surface area contributed by atoms with Crippen LogP contribution in [0.2, 0.25) is 0 Å². The summed E-state index contributed by atoms with van der Waals surface area (Å²) in [6.45, 7) is -0.164. The molecule has 0 aliphatic carbocycles. The molecule has 0 aromatic heterocycles. The molecule has 2 aromatic carbocycles. The number of nitrogens with one attached hydrogen (secondary N) is 1. The Morgan fingerprint density at radius 3 is 2.48 bits per heavy atom. The first kappa shape index (κ1) is 22.6. The summed E-state index contributed by atoms with van der Waals surface area (Å²) in [5.74, 6) is -1.61. The Balaban J connectivity index is 2.14. The molecule has 0 bridgehead atoms. The zero-order valence-corrected chi connectivity index (χ0v) is 18.0. The van der Waals surface area contributed by atoms with Crippen LogP contribution in [-0.2, 0) is 26.0 Å². The molecule has 1 unspecified atom stereocenters. The van der Waals surface area contributed by atoms with Gasteiger partial charge in [-0.25, -0.2) is 13.2 Å². The van der Waals surface area contributed by atoms with Crippen LogP contribution in [0.4, 0.5) is 0 Å². The van der Waals surface area contributed by atoms with E-state index < -0.39 is 27.8 Å². The van der Waals surface area contributed by atoms with Gasteiger partial charge in [0.1, 0.15) is 22.5 Å². The Morgan fingerprint density at radius 2 is 1.83 bits per heavy atom. The molecule has 0 heterocycles. The molecular formula is C20H19BrN2O5S. The van der Waals surface area contributed by atoms with Crippen molar-refractivity contribution < 1.29 is 22.7 Å². The van der Waals surface area contributed by atoms with Crippen molar-refractivity contribution in [1.82, 2.24) is 5.32 Å². The first-order chi connectivity index (χ1) is 13.7. The maximum atomic E-state index is 12.6. The molecule has 1 amide bonds. The van der Waals surface area contributed by atoms with Crippen molar-refractivity contribution in [2.75, 3.05) is 12.0 Å². The van der Waals surface area contributed by atoms with Gasteiger partial charge in [0.15, 0.2) is 0 Å². The number of nitriles is 1. The summed E-state index contributed by atoms with van der Waals surface area (Å²) in [5.41, 5.74) is 1.19. The summed E-state index contributed by atoms with van der Waals surface area (Å²) in [4.78, 5) is 25.1. The molecule has 2 aromatic rings. The number of ether oxygens (including phenoxy) is 1. The number of benzene rings is 2. The second-order valence-corrected chi connectivity index (χ2v) is 9.42. The standard InChI is InChI=1S/C20H19BrN2O5S/c1-29(26,27)11-10-18(23-19(24)16-8-4-5-9-17(16)21)20(25)28-13-15-7-3-2-6-14(15)12-22/h2-9,18H,10-11,13H2,1H3,(H,23,24). The number of halogens is 1. The molecule has 29 heavy (non-hydrogen) atoms. The average Bonchev–Trinajstić information content (AvgIpc) is 2.68. The predicted molar refractivity (Wildman–Crippen MR) is 111 cm³/mol. The van der Waals surface area contributed by atoms with Gasteiger partial charge in [-0.05, 0) is 40.5 Å². The van der Waals surface area contributed by atoms with Crippen molar-refractivity contribution in [2.24, 2.45) is 0 Å². The van der Waals surface area contributed by atoms with Gasteiger partial charge in [0.25, 0.3) is 5.91 Å². The maximum Gasteiger partial charge on any atom is 0.329 e. The van der Waals surface area contributed by atoms with Gasteiger partial charge >= 0.3 is 5.97 Å². The number of carbonyl (C=O) groups excluding carboxylic acids is 2. The molecule has 0 aliphatic heterocycles. The van der Waals surface area contributed by atoms with Crippen LogP contribution in [0.25, 0.3) is 0 Å². The Bertz CT molecular complexity index is 1050. The molecule has 0 fully saturated rings. The highest BCUT2D eigenvalue weighted by Crippen LogP contribution is 2.16. The van der Waals surface area contributed by atoms with Gasteiger partial charge < -0.3 is 10.1 Å². The van der Waals surface area contributed by atoms with Crippen molar-refractivity contribution in [3.8, 4) is 6.07 Å². The highest BCUT2D eigenvalue weighted by atomic mass is 79.9. The summed E-state index contributed by atoms with van der Waals surface area (Å²) >= 11 is 3.27. The molecular weight excluding hydrogens is 460 g/mol. The molecule has 2 rings (SSSR count). The molecule has 0 saturated carbocycles. The number of hydrogen-bond donors (Lipinski definition) is 1. The number of carbonyl (C=O) groups is 2. The summed E-state index contributed by atoms with van der Waals surface area (Å²) in [6, 6.07) is 14.2. The zero-order valence-electron chi connectivity index (χ0n) is 15.6. The van der Waals surface area contributed by atoms with Crippen molar-refractivity contribution in [3.05, 3.63) is 69.7 Å². The fourth-order valence-corrected chi connectivity index (χ4v) is 3.60. The van der Waals surface area contributed by atoms with Crippen LogP contribution in [0, 0.1) is 11.3 Å². The minimum atomic E-state index is -3.35. The zero-order chi connectivity index (χ0) is 21.4. The third kappa shape index (κ3) is 7.00. The molecule has 0 radical (unpaired) electrons. The molecule has 152 valence electrons. The van der Waals surface area contributed by atoms with Crippen molar-refractivity contribution in [1.29, 1.82) is 5.26 Å². The lowest BCUT2D eigenvalue weighted by molar-refractivity contribution is -0.147. The average molecular weight is 479 g/mol. The normalized spacial score (nSPS) is 11.9. The van der Waals surface area contributed by atoms with Gasteiger partial charge in [-0.3, -0.25) is 4.79 Å². The van der Waals surface area contributed by atoms with Gasteiger partial charge in [0.2, 0.25) is 0 Å². The Hall–Kier alpha value is -2.70. The van der Waals surface area contributed by atoms with Crippen LogP contribution in [0.5, 0.6) is 0 Å². The van der Waals surface area contributed by atoms with E-state index in [4.69, 9.17) is 10.00 Å². The van der Waals surface area contributed by atoms with Crippen molar-refractivity contribution >= 4 is 37.6 Å². The lowest BCUT2D eigenvalue weighted by Crippen LogP contribution is -2.43. The Kier molecular flexibility index (Phi) is 7.93. The van der Waals surface area contributed by atoms with Gasteiger partial charge in [0.05, 0.1) is 22.9 Å². The van der Waals surface area contributed by atoms with E-state index in [1.807, 2.05) is 6.07 Å². The van der Waals surface area contributed by atoms with Gasteiger partial charge in [0, 0.05) is 16.3 Å². The number of amides is 1. The van der Waals surface area contributed by atoms with Crippen LogP contribution in [-0.4, -0.2) is 38.3 Å². The molecule has 7 nitrogen and oxygen atoms in total. The summed E-state index contributed by atoms with van der Waals surface area (Å²) in [5, 5.41) is 11.7. The fraction of sp³-hybridized carbons (Fsp3) is 0.250. The number of rotatable bonds is 8. The highest BCUT2D eigenvalue weighted by molar-refractivity contribution is 9.10. The lowest BCUT2D eigenvalue weighted by atomic mass is 10.1. The third-order valence-corrected chi connectivity index (χ3v) is 5.66. The monoisotopic (exact) mass is 478 g/mol. The van der Waals surface area contributed by atoms with Gasteiger partial charge in [-0.2, -0.15) is 5.26 Å². The van der Waals surface area contributed by atoms with Crippen molar-refractivity contribution in [3.63, 3.8) is 0 Å². The fourth-order valence-electron chi connectivity index (χ4n) is 2.47. The Labute approximate surface area is 177 Å². The smallest absolute Gasteiger partial charge is 0.329 e. The van der Waals surface area contributed by atoms with Crippen LogP contribution in [0.1, 0.15) is 27.9 Å². The highest BCUT2D eigenvalue weighted by Gasteiger charge is 2.25. The largest absolute Gasteiger partial charge is 0.459 e. The number of hydrogen-bond acceptors (Lipinski definition) is 6. The minimum Gasteiger partial charge on any atom is -0.459 e. The summed E-state index contributed by atoms with van der Waals surface area (Å²) in [6.07, 6.45) is 0.919. The first-order valence-electron chi connectivity index (χ1n) is 8.59. The van der Waals surface area contributed by atoms with Crippen LogP contribution < -0.4 is 5.32 Å². The molecule has 0 spiro atoms. The predicted octanol–water partition coefficient (Wildman–Crippen LogP) is 2.60. The van der Waals surface area contributed by atoms with E-state index in [0.29, 0.717) is 21.2 Å².